The van der Waals surface area contributed by atoms with Crippen molar-refractivity contribution in [3.63, 3.8) is 0 Å². The molecule has 0 amide bonds. The van der Waals surface area contributed by atoms with Crippen molar-refractivity contribution in [1.82, 2.24) is 27.8 Å². The SMILES string of the molecule is CCc1c(-n2c3c(c4ccccc42)C=CC=CC3)c(-n2c3ccccc3c3ccccc32)c(-n2c3ccccc3c3ccccc32)c(-n2c3ccccc3c3ccccc32)c1-n1c2ccccc2c2ccccc21.c1ccc2c(c1)[nH]c1ccccc12. The Labute approximate surface area is 501 Å². The molecule has 1 aliphatic carbocycles. The van der Waals surface area contributed by atoms with Gasteiger partial charge in [-0.25, -0.2) is 0 Å². The summed E-state index contributed by atoms with van der Waals surface area (Å²) < 4.78 is 13.2. The van der Waals surface area contributed by atoms with E-state index in [0.717, 1.165) is 79.7 Å². The number of hydrogen-bond acceptors (Lipinski definition) is 0. The van der Waals surface area contributed by atoms with Crippen molar-refractivity contribution in [1.29, 1.82) is 0 Å². The van der Waals surface area contributed by atoms with Crippen LogP contribution in [0.2, 0.25) is 0 Å². The standard InChI is InChI=1S/C69H47N5.C12H9N/c1-2-44-65(70-55-34-5-3-4-24-45(55)46-25-6-15-35-56(46)70)67(72-59-38-18-9-28-49(59)50-29-10-19-39-60(50)72)69(74-63-42-22-13-32-53(63)54-33-14-23-43-64(54)74)68(73-61-40-20-11-30-51(61)52-31-12-21-41-62(52)73)66(44)71-57-36-16-7-26-47(57)48-27-8-17-37-58(48)71;1-3-7-11-9(5-1)10-6-2-4-8-12(10)13-11/h3-33,35-43H,2,34H2,1H3;1-8,13H. The zero-order chi connectivity index (χ0) is 57.3. The molecule has 6 aromatic heterocycles. The molecule has 410 valence electrons. The summed E-state index contributed by atoms with van der Waals surface area (Å²) in [5.41, 5.74) is 22.2. The first-order valence-electron chi connectivity index (χ1n) is 30.3. The molecule has 1 aliphatic rings. The molecule has 0 spiro atoms. The Morgan fingerprint density at radius 2 is 0.540 bits per heavy atom. The number of aromatic nitrogens is 6. The van der Waals surface area contributed by atoms with Gasteiger partial charge in [0.05, 0.1) is 78.1 Å². The zero-order valence-corrected chi connectivity index (χ0v) is 47.9. The Balaban J connectivity index is 0.000000386. The number of nitrogens with zero attached hydrogens (tertiary/aromatic N) is 5. The number of allylic oxidation sites excluding steroid dienone is 3. The molecular weight excluding hydrogens is 1060 g/mol. The number of benzene rings is 12. The van der Waals surface area contributed by atoms with E-state index in [0.29, 0.717) is 0 Å². The van der Waals surface area contributed by atoms with Crippen molar-refractivity contribution in [3.8, 4) is 28.4 Å². The van der Waals surface area contributed by atoms with Gasteiger partial charge in [0.2, 0.25) is 0 Å². The highest BCUT2D eigenvalue weighted by molar-refractivity contribution is 6.17. The van der Waals surface area contributed by atoms with Crippen LogP contribution in [0.4, 0.5) is 0 Å². The Morgan fingerprint density at radius 1 is 0.276 bits per heavy atom. The van der Waals surface area contributed by atoms with Crippen molar-refractivity contribution in [2.45, 2.75) is 19.8 Å². The molecule has 19 rings (SSSR count). The van der Waals surface area contributed by atoms with Gasteiger partial charge in [-0.15, -0.1) is 0 Å². The van der Waals surface area contributed by atoms with Crippen LogP contribution >= 0.6 is 0 Å². The van der Waals surface area contributed by atoms with E-state index in [1.54, 1.807) is 0 Å². The van der Waals surface area contributed by atoms with Crippen LogP contribution in [0.1, 0.15) is 23.7 Å². The molecule has 0 saturated carbocycles. The third kappa shape index (κ3) is 7.10. The van der Waals surface area contributed by atoms with Crippen LogP contribution in [-0.2, 0) is 12.8 Å². The lowest BCUT2D eigenvalue weighted by molar-refractivity contribution is 0.918. The molecule has 0 fully saturated rings. The zero-order valence-electron chi connectivity index (χ0n) is 47.9. The molecule has 0 saturated heterocycles. The van der Waals surface area contributed by atoms with Crippen molar-refractivity contribution >= 4 is 126 Å². The normalized spacial score (nSPS) is 12.6. The van der Waals surface area contributed by atoms with Gasteiger partial charge < -0.3 is 27.8 Å². The second-order valence-electron chi connectivity index (χ2n) is 23.0. The first-order chi connectivity index (χ1) is 43.2. The molecule has 1 N–H and O–H groups in total. The van der Waals surface area contributed by atoms with Crippen molar-refractivity contribution < 1.29 is 0 Å². The fourth-order valence-electron chi connectivity index (χ4n) is 15.0. The molecular formula is C81H56N6. The van der Waals surface area contributed by atoms with Gasteiger partial charge in [-0.1, -0.05) is 231 Å². The van der Waals surface area contributed by atoms with E-state index in [2.05, 4.69) is 326 Å². The number of fused-ring (bicyclic) bond motifs is 18. The number of para-hydroxylation sites is 11. The maximum absolute atomic E-state index is 3.38. The molecule has 0 aliphatic heterocycles. The smallest absolute Gasteiger partial charge is 0.0990 e. The van der Waals surface area contributed by atoms with Crippen LogP contribution in [0.5, 0.6) is 0 Å². The fraction of sp³-hybridized carbons (Fsp3) is 0.0370. The quantitative estimate of drug-likeness (QED) is 0.172. The van der Waals surface area contributed by atoms with E-state index in [9.17, 15) is 0 Å². The highest BCUT2D eigenvalue weighted by Crippen LogP contribution is 2.52. The largest absolute Gasteiger partial charge is 0.355 e. The first-order valence-corrected chi connectivity index (χ1v) is 30.3. The molecule has 87 heavy (non-hydrogen) atoms. The van der Waals surface area contributed by atoms with Crippen molar-refractivity contribution in [2.75, 3.05) is 0 Å². The highest BCUT2D eigenvalue weighted by Gasteiger charge is 2.36. The molecule has 0 atom stereocenters. The monoisotopic (exact) mass is 1110 g/mol. The third-order valence-corrected chi connectivity index (χ3v) is 18.5. The van der Waals surface area contributed by atoms with Crippen LogP contribution in [-0.4, -0.2) is 27.8 Å². The molecule has 18 aromatic rings. The molecule has 6 heteroatoms. The Morgan fingerprint density at radius 3 is 0.885 bits per heavy atom. The van der Waals surface area contributed by atoms with E-state index in [-0.39, 0.29) is 0 Å². The minimum absolute atomic E-state index is 0.722. The summed E-state index contributed by atoms with van der Waals surface area (Å²) in [5.74, 6) is 0. The van der Waals surface area contributed by atoms with Crippen LogP contribution < -0.4 is 0 Å². The van der Waals surface area contributed by atoms with E-state index in [4.69, 9.17) is 0 Å². The molecule has 12 aromatic carbocycles. The van der Waals surface area contributed by atoms with Gasteiger partial charge in [-0.05, 0) is 73.2 Å². The maximum Gasteiger partial charge on any atom is 0.0990 e. The molecule has 0 radical (unpaired) electrons. The minimum Gasteiger partial charge on any atom is -0.355 e. The summed E-state index contributed by atoms with van der Waals surface area (Å²) in [7, 11) is 0. The van der Waals surface area contributed by atoms with Crippen LogP contribution in [0.25, 0.3) is 154 Å². The second kappa shape index (κ2) is 19.4. The highest BCUT2D eigenvalue weighted by atomic mass is 15.2. The number of hydrogen-bond donors (Lipinski definition) is 1. The Bertz CT molecular complexity index is 5660. The predicted octanol–water partition coefficient (Wildman–Crippen LogP) is 21.0. The predicted molar refractivity (Wildman–Crippen MR) is 368 cm³/mol. The summed E-state index contributed by atoms with van der Waals surface area (Å²) in [6, 6.07) is 98.2. The molecule has 0 unspecified atom stereocenters. The number of H-pyrrole nitrogens is 1. The Hall–Kier alpha value is -11.3. The van der Waals surface area contributed by atoms with Gasteiger partial charge in [0, 0.05) is 93.5 Å². The van der Waals surface area contributed by atoms with Gasteiger partial charge in [-0.2, -0.15) is 0 Å². The molecule has 6 nitrogen and oxygen atoms in total. The summed E-state index contributed by atoms with van der Waals surface area (Å²) in [4.78, 5) is 3.38. The maximum atomic E-state index is 3.38. The van der Waals surface area contributed by atoms with Gasteiger partial charge in [0.1, 0.15) is 0 Å². The van der Waals surface area contributed by atoms with Gasteiger partial charge in [0.15, 0.2) is 0 Å². The number of nitrogens with one attached hydrogen (secondary N) is 1. The van der Waals surface area contributed by atoms with Crippen LogP contribution in [0.15, 0.2) is 285 Å². The number of aromatic amines is 1. The van der Waals surface area contributed by atoms with Crippen LogP contribution in [0.3, 0.4) is 0 Å². The van der Waals surface area contributed by atoms with E-state index < -0.39 is 0 Å². The second-order valence-corrected chi connectivity index (χ2v) is 23.0. The van der Waals surface area contributed by atoms with Crippen molar-refractivity contribution in [2.24, 2.45) is 0 Å². The van der Waals surface area contributed by atoms with Gasteiger partial charge in [-0.3, -0.25) is 0 Å². The summed E-state index contributed by atoms with van der Waals surface area (Å²) >= 11 is 0. The first kappa shape index (κ1) is 49.1. The molecule has 0 bridgehead atoms. The Kier molecular flexibility index (Phi) is 10.9. The van der Waals surface area contributed by atoms with E-state index >= 15 is 0 Å². The lowest BCUT2D eigenvalue weighted by atomic mass is 9.98. The lowest BCUT2D eigenvalue weighted by Crippen LogP contribution is -2.20. The fourth-order valence-corrected chi connectivity index (χ4v) is 15.0. The van der Waals surface area contributed by atoms with Gasteiger partial charge in [0.25, 0.3) is 0 Å². The van der Waals surface area contributed by atoms with Crippen molar-refractivity contribution in [3.05, 3.63) is 302 Å². The molecule has 6 heterocycles. The third-order valence-electron chi connectivity index (χ3n) is 18.5. The topological polar surface area (TPSA) is 40.4 Å². The average Bonchev–Trinajstić information content (AvgIpc) is 1.61. The van der Waals surface area contributed by atoms with E-state index in [1.807, 2.05) is 0 Å². The number of rotatable bonds is 6. The van der Waals surface area contributed by atoms with Crippen LogP contribution in [0, 0.1) is 0 Å². The average molecular weight is 1110 g/mol. The summed E-state index contributed by atoms with van der Waals surface area (Å²) in [5, 5.41) is 13.6. The summed E-state index contributed by atoms with van der Waals surface area (Å²) in [6.07, 6.45) is 10.6. The van der Waals surface area contributed by atoms with Gasteiger partial charge >= 0.3 is 0 Å². The van der Waals surface area contributed by atoms with E-state index in [1.165, 1.54) is 98.3 Å². The minimum atomic E-state index is 0.722. The summed E-state index contributed by atoms with van der Waals surface area (Å²) in [6.45, 7) is 2.38. The lowest BCUT2D eigenvalue weighted by Gasteiger charge is -2.32.